The molecule has 33 heavy (non-hydrogen) atoms. The fourth-order valence-electron chi connectivity index (χ4n) is 4.02. The molecule has 0 fully saturated rings. The highest BCUT2D eigenvalue weighted by Crippen LogP contribution is 2.25. The number of amidine groups is 2. The molecule has 2 aliphatic rings. The van der Waals surface area contributed by atoms with Crippen LogP contribution in [-0.2, 0) is 6.54 Å². The Morgan fingerprint density at radius 3 is 2.52 bits per heavy atom. The van der Waals surface area contributed by atoms with E-state index in [1.54, 1.807) is 6.07 Å². The molecule has 6 nitrogen and oxygen atoms in total. The van der Waals surface area contributed by atoms with E-state index in [4.69, 9.17) is 9.98 Å². The maximum Gasteiger partial charge on any atom is 0.281 e. The van der Waals surface area contributed by atoms with Crippen molar-refractivity contribution in [3.05, 3.63) is 105 Å². The highest BCUT2D eigenvalue weighted by atomic mass is 127. The minimum Gasteiger partial charge on any atom is -0.327 e. The van der Waals surface area contributed by atoms with Crippen molar-refractivity contribution in [1.82, 2.24) is 14.9 Å². The van der Waals surface area contributed by atoms with Crippen LogP contribution in [0.5, 0.6) is 0 Å². The molecule has 0 aliphatic carbocycles. The topological polar surface area (TPSA) is 70.8 Å². The Hall–Kier alpha value is -3.72. The van der Waals surface area contributed by atoms with Crippen LogP contribution in [0.25, 0.3) is 22.1 Å². The molecule has 3 aromatic carbocycles. The quantitative estimate of drug-likeness (QED) is 0.238. The van der Waals surface area contributed by atoms with Gasteiger partial charge in [0.1, 0.15) is 11.4 Å². The summed E-state index contributed by atoms with van der Waals surface area (Å²) >= 11 is 2.29. The van der Waals surface area contributed by atoms with Gasteiger partial charge in [0.05, 0.1) is 22.1 Å². The molecule has 0 radical (unpaired) electrons. The van der Waals surface area contributed by atoms with E-state index in [2.05, 4.69) is 37.5 Å². The van der Waals surface area contributed by atoms with Crippen molar-refractivity contribution in [3.63, 3.8) is 0 Å². The fraction of sp³-hybridized carbons (Fsp3) is 0.0385. The Balaban J connectivity index is 1.51. The molecular weight excluding hydrogens is 525 g/mol. The number of hydrogen-bond acceptors (Lipinski definition) is 4. The smallest absolute Gasteiger partial charge is 0.281 e. The molecule has 158 valence electrons. The maximum atomic E-state index is 13.4. The Labute approximate surface area is 203 Å². The van der Waals surface area contributed by atoms with Crippen molar-refractivity contribution in [3.8, 4) is 0 Å². The highest BCUT2D eigenvalue weighted by Gasteiger charge is 2.22. The van der Waals surface area contributed by atoms with Crippen LogP contribution in [0.2, 0.25) is 0 Å². The van der Waals surface area contributed by atoms with E-state index >= 15 is 0 Å². The van der Waals surface area contributed by atoms with Gasteiger partial charge in [-0.1, -0.05) is 42.5 Å². The van der Waals surface area contributed by atoms with Crippen molar-refractivity contribution in [2.24, 2.45) is 9.98 Å². The summed E-state index contributed by atoms with van der Waals surface area (Å²) in [5.74, 6) is 0.758. The van der Waals surface area contributed by atoms with Crippen LogP contribution >= 0.6 is 22.6 Å². The number of rotatable bonds is 1. The van der Waals surface area contributed by atoms with Crippen molar-refractivity contribution in [2.75, 3.05) is 0 Å². The molecule has 0 saturated carbocycles. The van der Waals surface area contributed by atoms with Crippen LogP contribution < -0.4 is 0 Å². The summed E-state index contributed by atoms with van der Waals surface area (Å²) in [5.41, 5.74) is 5.04. The third-order valence-electron chi connectivity index (χ3n) is 5.59. The van der Waals surface area contributed by atoms with E-state index in [-0.39, 0.29) is 0 Å². The van der Waals surface area contributed by atoms with Gasteiger partial charge in [0.15, 0.2) is 5.84 Å². The minimum atomic E-state index is -0.391. The average molecular weight is 541 g/mol. The first-order valence-corrected chi connectivity index (χ1v) is 11.5. The molecular formula is C26H16IN5O. The number of hydrogen-bond donors (Lipinski definition) is 0. The van der Waals surface area contributed by atoms with Crippen molar-refractivity contribution in [1.29, 1.82) is 0 Å². The summed E-state index contributed by atoms with van der Waals surface area (Å²) in [6.45, 7) is 0.658. The number of benzene rings is 3. The molecule has 6 rings (SSSR count). The lowest BCUT2D eigenvalue weighted by Gasteiger charge is -2.21. The third-order valence-corrected chi connectivity index (χ3v) is 6.23. The van der Waals surface area contributed by atoms with E-state index in [1.165, 1.54) is 0 Å². The Morgan fingerprint density at radius 1 is 0.879 bits per heavy atom. The number of allylic oxidation sites excluding steroid dienone is 2. The lowest BCUT2D eigenvalue weighted by molar-refractivity contribution is 0.100. The number of para-hydroxylation sites is 3. The third kappa shape index (κ3) is 3.64. The van der Waals surface area contributed by atoms with Crippen LogP contribution in [0.4, 0.5) is 0 Å². The predicted octanol–water partition coefficient (Wildman–Crippen LogP) is 5.43. The SMILES string of the molecule is O=C(N=C1N=C2C=CC(I)=CN2Cc2ccccc21)c1cccc2nc3ccccc3nc12. The first kappa shape index (κ1) is 19.9. The van der Waals surface area contributed by atoms with Crippen LogP contribution in [0.3, 0.4) is 0 Å². The van der Waals surface area contributed by atoms with Gasteiger partial charge in [-0.15, -0.1) is 0 Å². The molecule has 2 aliphatic heterocycles. The zero-order valence-corrected chi connectivity index (χ0v) is 19.5. The van der Waals surface area contributed by atoms with Gasteiger partial charge in [-0.05, 0) is 64.6 Å². The lowest BCUT2D eigenvalue weighted by atomic mass is 10.1. The molecule has 0 spiro atoms. The summed E-state index contributed by atoms with van der Waals surface area (Å²) in [4.78, 5) is 34.1. The zero-order valence-electron chi connectivity index (χ0n) is 17.3. The van der Waals surface area contributed by atoms with Gasteiger partial charge in [0, 0.05) is 21.9 Å². The second-order valence-corrected chi connectivity index (χ2v) is 8.97. The number of carbonyl (C=O) groups is 1. The lowest BCUT2D eigenvalue weighted by Crippen LogP contribution is -2.24. The number of amides is 1. The summed E-state index contributed by atoms with van der Waals surface area (Å²) in [7, 11) is 0. The highest BCUT2D eigenvalue weighted by molar-refractivity contribution is 14.1. The standard InChI is InChI=1S/C26H16IN5O/c27-17-12-13-23-30-25(18-7-2-1-6-16(18)14-32(23)15-17)31-26(33)19-8-5-11-22-24(19)29-21-10-4-3-9-20(21)28-22/h1-13,15H,14H2. The van der Waals surface area contributed by atoms with Gasteiger partial charge in [-0.2, -0.15) is 4.99 Å². The first-order valence-electron chi connectivity index (χ1n) is 10.4. The normalized spacial score (nSPS) is 16.3. The van der Waals surface area contributed by atoms with Crippen molar-refractivity contribution in [2.45, 2.75) is 6.54 Å². The van der Waals surface area contributed by atoms with Crippen molar-refractivity contribution < 1.29 is 4.79 Å². The van der Waals surface area contributed by atoms with Gasteiger partial charge in [-0.25, -0.2) is 15.0 Å². The maximum absolute atomic E-state index is 13.4. The molecule has 0 saturated heterocycles. The van der Waals surface area contributed by atoms with Gasteiger partial charge < -0.3 is 4.90 Å². The van der Waals surface area contributed by atoms with E-state index in [1.807, 2.05) is 79.0 Å². The second-order valence-electron chi connectivity index (χ2n) is 7.73. The fourth-order valence-corrected chi connectivity index (χ4v) is 4.54. The molecule has 0 atom stereocenters. The number of nitrogens with zero attached hydrogens (tertiary/aromatic N) is 5. The Bertz CT molecular complexity index is 1580. The monoisotopic (exact) mass is 541 g/mol. The summed E-state index contributed by atoms with van der Waals surface area (Å²) in [6.07, 6.45) is 5.99. The van der Waals surface area contributed by atoms with Crippen LogP contribution in [0, 0.1) is 0 Å². The van der Waals surface area contributed by atoms with Crippen LogP contribution in [-0.4, -0.2) is 32.4 Å². The van der Waals surface area contributed by atoms with E-state index in [0.717, 1.165) is 31.6 Å². The van der Waals surface area contributed by atoms with E-state index in [0.29, 0.717) is 29.0 Å². The summed E-state index contributed by atoms with van der Waals surface area (Å²) < 4.78 is 1.11. The van der Waals surface area contributed by atoms with E-state index < -0.39 is 5.91 Å². The molecule has 0 N–H and O–H groups in total. The molecule has 0 bridgehead atoms. The number of aromatic nitrogens is 2. The van der Waals surface area contributed by atoms with Crippen LogP contribution in [0.15, 0.2) is 98.6 Å². The van der Waals surface area contributed by atoms with Crippen molar-refractivity contribution >= 4 is 62.2 Å². The second kappa shape index (κ2) is 8.00. The molecule has 7 heteroatoms. The number of carbonyl (C=O) groups excluding carboxylic acids is 1. The number of halogens is 1. The molecule has 1 aromatic heterocycles. The Kier molecular flexibility index (Phi) is 4.83. The molecule has 1 amide bonds. The minimum absolute atomic E-state index is 0.391. The zero-order chi connectivity index (χ0) is 22.4. The number of fused-ring (bicyclic) bond motifs is 4. The molecule has 3 heterocycles. The molecule has 0 unspecified atom stereocenters. The summed E-state index contributed by atoms with van der Waals surface area (Å²) in [6, 6.07) is 21.0. The van der Waals surface area contributed by atoms with E-state index in [9.17, 15) is 4.79 Å². The molecule has 4 aromatic rings. The Morgan fingerprint density at radius 2 is 1.64 bits per heavy atom. The van der Waals surface area contributed by atoms with Crippen LogP contribution in [0.1, 0.15) is 21.5 Å². The largest absolute Gasteiger partial charge is 0.327 e. The number of aliphatic imine (C=N–C) groups is 2. The predicted molar refractivity (Wildman–Crippen MR) is 139 cm³/mol. The van der Waals surface area contributed by atoms with Gasteiger partial charge >= 0.3 is 0 Å². The first-order chi connectivity index (χ1) is 16.2. The van der Waals surface area contributed by atoms with Gasteiger partial charge in [0.2, 0.25) is 0 Å². The summed E-state index contributed by atoms with van der Waals surface area (Å²) in [5, 5.41) is 0. The van der Waals surface area contributed by atoms with Gasteiger partial charge in [0.25, 0.3) is 5.91 Å². The average Bonchev–Trinajstić information content (AvgIpc) is 2.98. The van der Waals surface area contributed by atoms with Gasteiger partial charge in [-0.3, -0.25) is 4.79 Å².